The van der Waals surface area contributed by atoms with Crippen LogP contribution in [0.5, 0.6) is 0 Å². The predicted molar refractivity (Wildman–Crippen MR) is 71.7 cm³/mol. The molecule has 0 fully saturated rings. The van der Waals surface area contributed by atoms with E-state index in [2.05, 4.69) is 9.71 Å². The minimum absolute atomic E-state index is 0.193. The first-order chi connectivity index (χ1) is 9.13. The second kappa shape index (κ2) is 5.96. The monoisotopic (exact) mass is 280 g/mol. The number of imidazole rings is 1. The van der Waals surface area contributed by atoms with E-state index in [4.69, 9.17) is 5.73 Å². The van der Waals surface area contributed by atoms with Gasteiger partial charge < -0.3 is 10.3 Å². The van der Waals surface area contributed by atoms with Crippen molar-refractivity contribution in [3.63, 3.8) is 0 Å². The molecule has 0 atom stereocenters. The average Bonchev–Trinajstić information content (AvgIpc) is 2.91. The fraction of sp³-hybridized carbons (Fsp3) is 0.250. The summed E-state index contributed by atoms with van der Waals surface area (Å²) < 4.78 is 28.7. The first kappa shape index (κ1) is 13.7. The van der Waals surface area contributed by atoms with Gasteiger partial charge in [-0.15, -0.1) is 0 Å². The smallest absolute Gasteiger partial charge is 0.240 e. The van der Waals surface area contributed by atoms with E-state index in [1.165, 1.54) is 0 Å². The van der Waals surface area contributed by atoms with Gasteiger partial charge in [0.25, 0.3) is 0 Å². The van der Waals surface area contributed by atoms with Gasteiger partial charge in [0.05, 0.1) is 11.2 Å². The summed E-state index contributed by atoms with van der Waals surface area (Å²) in [5.74, 6) is 0. The highest BCUT2D eigenvalue weighted by atomic mass is 32.2. The maximum Gasteiger partial charge on any atom is 0.240 e. The molecule has 0 spiro atoms. The number of rotatable bonds is 6. The fourth-order valence-electron chi connectivity index (χ4n) is 1.74. The topological polar surface area (TPSA) is 90.0 Å². The van der Waals surface area contributed by atoms with Crippen molar-refractivity contribution in [3.05, 3.63) is 48.5 Å². The second-order valence-corrected chi connectivity index (χ2v) is 5.75. The van der Waals surface area contributed by atoms with E-state index in [1.807, 2.05) is 0 Å². The van der Waals surface area contributed by atoms with Crippen molar-refractivity contribution in [2.75, 3.05) is 6.54 Å². The molecule has 0 bridgehead atoms. The largest absolute Gasteiger partial charge is 0.336 e. The number of nitrogens with zero attached hydrogens (tertiary/aromatic N) is 2. The van der Waals surface area contributed by atoms with Crippen molar-refractivity contribution in [1.29, 1.82) is 0 Å². The summed E-state index contributed by atoms with van der Waals surface area (Å²) in [4.78, 5) is 4.13. The van der Waals surface area contributed by atoms with Crippen molar-refractivity contribution in [1.82, 2.24) is 14.3 Å². The van der Waals surface area contributed by atoms with Crippen molar-refractivity contribution in [2.45, 2.75) is 18.0 Å². The van der Waals surface area contributed by atoms with Gasteiger partial charge in [-0.1, -0.05) is 18.2 Å². The third-order valence-corrected chi connectivity index (χ3v) is 4.26. The molecule has 0 saturated heterocycles. The molecule has 3 N–H and O–H groups in total. The van der Waals surface area contributed by atoms with E-state index in [-0.39, 0.29) is 11.4 Å². The standard InChI is InChI=1S/C12H16N4O2S/c13-9-11-3-1-2-4-12(11)19(17,18)15-6-8-16-7-5-14-10-16/h1-5,7,10,15H,6,8-9,13H2. The Hall–Kier alpha value is -1.70. The van der Waals surface area contributed by atoms with Crippen LogP contribution in [0, 0.1) is 0 Å². The van der Waals surface area contributed by atoms with E-state index in [0.717, 1.165) is 0 Å². The highest BCUT2D eigenvalue weighted by Crippen LogP contribution is 2.14. The quantitative estimate of drug-likeness (QED) is 0.797. The molecular formula is C12H16N4O2S. The molecule has 0 aliphatic carbocycles. The number of hydrogen-bond donors (Lipinski definition) is 2. The Kier molecular flexibility index (Phi) is 4.31. The lowest BCUT2D eigenvalue weighted by molar-refractivity contribution is 0.571. The zero-order valence-electron chi connectivity index (χ0n) is 10.4. The van der Waals surface area contributed by atoms with Gasteiger partial charge in [0, 0.05) is 32.0 Å². The molecule has 0 saturated carbocycles. The van der Waals surface area contributed by atoms with Crippen LogP contribution in [0.2, 0.25) is 0 Å². The maximum atomic E-state index is 12.1. The molecule has 1 aromatic carbocycles. The predicted octanol–water partition coefficient (Wildman–Crippen LogP) is 0.320. The van der Waals surface area contributed by atoms with Crippen molar-refractivity contribution >= 4 is 10.0 Å². The summed E-state index contributed by atoms with van der Waals surface area (Å²) in [5.41, 5.74) is 6.16. The van der Waals surface area contributed by atoms with Crippen LogP contribution in [0.15, 0.2) is 47.9 Å². The fourth-order valence-corrected chi connectivity index (χ4v) is 3.01. The van der Waals surface area contributed by atoms with Crippen LogP contribution in [-0.4, -0.2) is 24.5 Å². The summed E-state index contributed by atoms with van der Waals surface area (Å²) in [5, 5.41) is 0. The molecule has 1 aromatic heterocycles. The summed E-state index contributed by atoms with van der Waals surface area (Å²) in [6.45, 7) is 1.03. The van der Waals surface area contributed by atoms with Crippen LogP contribution < -0.4 is 10.5 Å². The number of sulfonamides is 1. The summed E-state index contributed by atoms with van der Waals surface area (Å²) in [6.07, 6.45) is 5.07. The molecule has 0 aliphatic rings. The molecular weight excluding hydrogens is 264 g/mol. The Balaban J connectivity index is 2.05. The maximum absolute atomic E-state index is 12.1. The molecule has 0 aliphatic heterocycles. The molecule has 6 nitrogen and oxygen atoms in total. The first-order valence-corrected chi connectivity index (χ1v) is 7.35. The van der Waals surface area contributed by atoms with Crippen LogP contribution in [0.3, 0.4) is 0 Å². The van der Waals surface area contributed by atoms with Gasteiger partial charge in [-0.3, -0.25) is 0 Å². The van der Waals surface area contributed by atoms with Crippen LogP contribution in [0.4, 0.5) is 0 Å². The van der Waals surface area contributed by atoms with Crippen LogP contribution >= 0.6 is 0 Å². The highest BCUT2D eigenvalue weighted by molar-refractivity contribution is 7.89. The van der Waals surface area contributed by atoms with Gasteiger partial charge in [0.2, 0.25) is 10.0 Å². The average molecular weight is 280 g/mol. The summed E-state index contributed by atoms with van der Waals surface area (Å²) >= 11 is 0. The lowest BCUT2D eigenvalue weighted by atomic mass is 10.2. The third-order valence-electron chi connectivity index (χ3n) is 2.70. The Bertz CT molecular complexity index is 623. The molecule has 0 radical (unpaired) electrons. The summed E-state index contributed by atoms with van der Waals surface area (Å²) in [6, 6.07) is 6.72. The number of nitrogens with one attached hydrogen (secondary N) is 1. The van der Waals surface area contributed by atoms with Gasteiger partial charge in [-0.25, -0.2) is 18.1 Å². The molecule has 7 heteroatoms. The normalized spacial score (nSPS) is 11.6. The molecule has 0 unspecified atom stereocenters. The summed E-state index contributed by atoms with van der Waals surface area (Å²) in [7, 11) is -3.52. The minimum atomic E-state index is -3.52. The van der Waals surface area contributed by atoms with Crippen molar-refractivity contribution in [2.24, 2.45) is 5.73 Å². The number of nitrogens with two attached hydrogens (primary N) is 1. The Morgan fingerprint density at radius 2 is 2.11 bits per heavy atom. The Labute approximate surface area is 112 Å². The lowest BCUT2D eigenvalue weighted by Gasteiger charge is -2.10. The zero-order chi connectivity index (χ0) is 13.7. The highest BCUT2D eigenvalue weighted by Gasteiger charge is 2.16. The van der Waals surface area contributed by atoms with E-state index in [0.29, 0.717) is 18.7 Å². The molecule has 0 amide bonds. The van der Waals surface area contributed by atoms with Gasteiger partial charge in [0.15, 0.2) is 0 Å². The van der Waals surface area contributed by atoms with Crippen LogP contribution in [0.25, 0.3) is 0 Å². The SMILES string of the molecule is NCc1ccccc1S(=O)(=O)NCCn1ccnc1. The number of hydrogen-bond acceptors (Lipinski definition) is 4. The van der Waals surface area contributed by atoms with E-state index in [9.17, 15) is 8.42 Å². The Morgan fingerprint density at radius 1 is 1.32 bits per heavy atom. The van der Waals surface area contributed by atoms with Crippen molar-refractivity contribution < 1.29 is 8.42 Å². The second-order valence-electron chi connectivity index (χ2n) is 4.01. The zero-order valence-corrected chi connectivity index (χ0v) is 11.2. The first-order valence-electron chi connectivity index (χ1n) is 5.87. The van der Waals surface area contributed by atoms with Gasteiger partial charge in [0.1, 0.15) is 0 Å². The van der Waals surface area contributed by atoms with Crippen molar-refractivity contribution in [3.8, 4) is 0 Å². The Morgan fingerprint density at radius 3 is 2.79 bits per heavy atom. The van der Waals surface area contributed by atoms with Crippen LogP contribution in [-0.2, 0) is 23.1 Å². The van der Waals surface area contributed by atoms with Gasteiger partial charge in [-0.2, -0.15) is 0 Å². The third kappa shape index (κ3) is 3.40. The van der Waals surface area contributed by atoms with Crippen LogP contribution in [0.1, 0.15) is 5.56 Å². The van der Waals surface area contributed by atoms with Gasteiger partial charge in [-0.05, 0) is 11.6 Å². The molecule has 2 rings (SSSR count). The minimum Gasteiger partial charge on any atom is -0.336 e. The van der Waals surface area contributed by atoms with E-state index in [1.54, 1.807) is 47.6 Å². The number of benzene rings is 1. The lowest BCUT2D eigenvalue weighted by Crippen LogP contribution is -2.28. The number of aromatic nitrogens is 2. The van der Waals surface area contributed by atoms with Gasteiger partial charge >= 0.3 is 0 Å². The molecule has 102 valence electrons. The molecule has 19 heavy (non-hydrogen) atoms. The van der Waals surface area contributed by atoms with E-state index >= 15 is 0 Å². The van der Waals surface area contributed by atoms with E-state index < -0.39 is 10.0 Å². The molecule has 2 aromatic rings. The molecule has 1 heterocycles.